The van der Waals surface area contributed by atoms with Crippen LogP contribution in [0.1, 0.15) is 11.1 Å². The average Bonchev–Trinajstić information content (AvgIpc) is 2.67. The van der Waals surface area contributed by atoms with Gasteiger partial charge in [-0.2, -0.15) is 0 Å². The Morgan fingerprint density at radius 2 is 1.16 bits per heavy atom. The van der Waals surface area contributed by atoms with Crippen molar-refractivity contribution in [3.63, 3.8) is 0 Å². The molecule has 19 heavy (non-hydrogen) atoms. The second kappa shape index (κ2) is 5.28. The number of alkyl halides is 2. The van der Waals surface area contributed by atoms with Crippen molar-refractivity contribution in [2.75, 3.05) is 10.7 Å². The van der Waals surface area contributed by atoms with E-state index in [4.69, 9.17) is 0 Å². The first-order valence-electron chi connectivity index (χ1n) is 5.85. The molecule has 4 heteroatoms. The van der Waals surface area contributed by atoms with Crippen LogP contribution >= 0.6 is 63.7 Å². The van der Waals surface area contributed by atoms with Crippen LogP contribution in [-0.4, -0.2) is 10.7 Å². The fourth-order valence-electron chi connectivity index (χ4n) is 2.76. The third-order valence-electron chi connectivity index (χ3n) is 3.74. The van der Waals surface area contributed by atoms with Crippen LogP contribution in [0.4, 0.5) is 0 Å². The molecule has 3 rings (SSSR count). The smallest absolute Gasteiger partial charge is 0.0409 e. The minimum Gasteiger partial charge on any atom is -0.0914 e. The highest BCUT2D eigenvalue weighted by Crippen LogP contribution is 2.51. The lowest BCUT2D eigenvalue weighted by Gasteiger charge is -2.27. The molecule has 0 saturated heterocycles. The SMILES string of the molecule is BrCC1(CBr)c2cc(Br)ccc2-c2ccc(Br)cc21. The summed E-state index contributed by atoms with van der Waals surface area (Å²) in [6.07, 6.45) is 0. The molecule has 0 nitrogen and oxygen atoms in total. The lowest BCUT2D eigenvalue weighted by Crippen LogP contribution is -2.29. The first-order valence-corrected chi connectivity index (χ1v) is 9.67. The summed E-state index contributed by atoms with van der Waals surface area (Å²) in [5, 5.41) is 1.80. The van der Waals surface area contributed by atoms with E-state index in [-0.39, 0.29) is 5.41 Å². The molecule has 0 fully saturated rings. The zero-order valence-corrected chi connectivity index (χ0v) is 16.2. The van der Waals surface area contributed by atoms with Crippen molar-refractivity contribution in [1.82, 2.24) is 0 Å². The summed E-state index contributed by atoms with van der Waals surface area (Å²) in [6.45, 7) is 0. The Balaban J connectivity index is 2.38. The molecule has 2 aromatic carbocycles. The van der Waals surface area contributed by atoms with Gasteiger partial charge in [-0.05, 0) is 46.5 Å². The van der Waals surface area contributed by atoms with Crippen molar-refractivity contribution in [3.8, 4) is 11.1 Å². The van der Waals surface area contributed by atoms with E-state index in [1.807, 2.05) is 0 Å². The van der Waals surface area contributed by atoms with Crippen LogP contribution in [0.15, 0.2) is 45.3 Å². The Morgan fingerprint density at radius 3 is 1.53 bits per heavy atom. The Kier molecular flexibility index (Phi) is 3.98. The van der Waals surface area contributed by atoms with Gasteiger partial charge in [0.25, 0.3) is 0 Å². The molecule has 0 radical (unpaired) electrons. The number of benzene rings is 2. The fourth-order valence-corrected chi connectivity index (χ4v) is 5.62. The van der Waals surface area contributed by atoms with Crippen LogP contribution in [0, 0.1) is 0 Å². The van der Waals surface area contributed by atoms with Crippen molar-refractivity contribution in [3.05, 3.63) is 56.5 Å². The standard InChI is InChI=1S/C15H10Br4/c16-7-15(8-17)13-5-9(18)1-3-11(13)12-4-2-10(19)6-14(12)15/h1-6H,7-8H2. The molecule has 98 valence electrons. The van der Waals surface area contributed by atoms with Crippen LogP contribution in [0.25, 0.3) is 11.1 Å². The maximum atomic E-state index is 3.72. The van der Waals surface area contributed by atoms with Crippen LogP contribution in [0.3, 0.4) is 0 Å². The number of rotatable bonds is 2. The highest BCUT2D eigenvalue weighted by Gasteiger charge is 2.41. The zero-order chi connectivity index (χ0) is 13.6. The molecule has 0 aliphatic heterocycles. The summed E-state index contributed by atoms with van der Waals surface area (Å²) in [5.41, 5.74) is 5.43. The Bertz CT molecular complexity index is 591. The lowest BCUT2D eigenvalue weighted by molar-refractivity contribution is 0.696. The predicted octanol–water partition coefficient (Wildman–Crippen LogP) is 6.27. The van der Waals surface area contributed by atoms with Gasteiger partial charge in [0.15, 0.2) is 0 Å². The minimum absolute atomic E-state index is 0.00176. The summed E-state index contributed by atoms with van der Waals surface area (Å²) in [4.78, 5) is 0. The van der Waals surface area contributed by atoms with Crippen LogP contribution in [0.5, 0.6) is 0 Å². The van der Waals surface area contributed by atoms with Gasteiger partial charge in [-0.3, -0.25) is 0 Å². The van der Waals surface area contributed by atoms with E-state index in [1.54, 1.807) is 0 Å². The van der Waals surface area contributed by atoms with Crippen molar-refractivity contribution in [2.24, 2.45) is 0 Å². The van der Waals surface area contributed by atoms with Crippen molar-refractivity contribution in [1.29, 1.82) is 0 Å². The summed E-state index contributed by atoms with van der Waals surface area (Å²) in [7, 11) is 0. The van der Waals surface area contributed by atoms with Crippen molar-refractivity contribution < 1.29 is 0 Å². The second-order valence-electron chi connectivity index (χ2n) is 4.73. The summed E-state index contributed by atoms with van der Waals surface area (Å²) >= 11 is 14.6. The predicted molar refractivity (Wildman–Crippen MR) is 95.6 cm³/mol. The Morgan fingerprint density at radius 1 is 0.737 bits per heavy atom. The summed E-state index contributed by atoms with van der Waals surface area (Å²) in [5.74, 6) is 0. The van der Waals surface area contributed by atoms with Crippen molar-refractivity contribution in [2.45, 2.75) is 5.41 Å². The maximum Gasteiger partial charge on any atom is 0.0409 e. The molecule has 0 unspecified atom stereocenters. The van der Waals surface area contributed by atoms with Crippen molar-refractivity contribution >= 4 is 63.7 Å². The molecule has 0 spiro atoms. The van der Waals surface area contributed by atoms with Gasteiger partial charge in [0.05, 0.1) is 0 Å². The summed E-state index contributed by atoms with van der Waals surface area (Å²) in [6, 6.07) is 13.1. The van der Waals surface area contributed by atoms with Gasteiger partial charge in [0.2, 0.25) is 0 Å². The van der Waals surface area contributed by atoms with Gasteiger partial charge >= 0.3 is 0 Å². The van der Waals surface area contributed by atoms with Gasteiger partial charge in [-0.25, -0.2) is 0 Å². The van der Waals surface area contributed by atoms with Gasteiger partial charge in [0, 0.05) is 25.0 Å². The van der Waals surface area contributed by atoms with Gasteiger partial charge in [0.1, 0.15) is 0 Å². The molecule has 0 bridgehead atoms. The molecule has 0 atom stereocenters. The van der Waals surface area contributed by atoms with Crippen LogP contribution in [0.2, 0.25) is 0 Å². The normalized spacial score (nSPS) is 15.2. The second-order valence-corrected chi connectivity index (χ2v) is 7.68. The highest BCUT2D eigenvalue weighted by molar-refractivity contribution is 9.11. The molecule has 0 saturated carbocycles. The van der Waals surface area contributed by atoms with Gasteiger partial charge in [-0.1, -0.05) is 75.9 Å². The number of fused-ring (bicyclic) bond motifs is 3. The maximum absolute atomic E-state index is 3.72. The molecule has 0 aromatic heterocycles. The number of hydrogen-bond acceptors (Lipinski definition) is 0. The minimum atomic E-state index is -0.00176. The molecule has 0 N–H and O–H groups in total. The first-order chi connectivity index (χ1) is 9.12. The lowest BCUT2D eigenvalue weighted by atomic mass is 9.82. The van der Waals surface area contributed by atoms with E-state index >= 15 is 0 Å². The topological polar surface area (TPSA) is 0 Å². The Labute approximate surface area is 146 Å². The van der Waals surface area contributed by atoms with E-state index < -0.39 is 0 Å². The summed E-state index contributed by atoms with van der Waals surface area (Å²) < 4.78 is 2.26. The molecule has 1 aliphatic carbocycles. The average molecular weight is 510 g/mol. The van der Waals surface area contributed by atoms with E-state index in [0.29, 0.717) is 0 Å². The quantitative estimate of drug-likeness (QED) is 0.419. The monoisotopic (exact) mass is 506 g/mol. The Hall–Kier alpha value is 0.360. The van der Waals surface area contributed by atoms with E-state index in [9.17, 15) is 0 Å². The molecule has 1 aliphatic rings. The molecular weight excluding hydrogens is 500 g/mol. The number of hydrogen-bond donors (Lipinski definition) is 0. The number of halogens is 4. The van der Waals surface area contributed by atoms with Gasteiger partial charge < -0.3 is 0 Å². The highest BCUT2D eigenvalue weighted by atomic mass is 79.9. The van der Waals surface area contributed by atoms with Crippen LogP contribution in [-0.2, 0) is 5.41 Å². The third kappa shape index (κ3) is 2.10. The molecule has 2 aromatic rings. The zero-order valence-electron chi connectivity index (χ0n) is 9.89. The molecule has 0 heterocycles. The largest absolute Gasteiger partial charge is 0.0914 e. The van der Waals surface area contributed by atoms with Crippen LogP contribution < -0.4 is 0 Å². The first kappa shape index (κ1) is 14.3. The third-order valence-corrected chi connectivity index (χ3v) is 6.64. The van der Waals surface area contributed by atoms with E-state index in [1.165, 1.54) is 22.3 Å². The van der Waals surface area contributed by atoms with Gasteiger partial charge in [-0.15, -0.1) is 0 Å². The fraction of sp³-hybridized carbons (Fsp3) is 0.200. The van der Waals surface area contributed by atoms with E-state index in [0.717, 1.165) is 19.6 Å². The van der Waals surface area contributed by atoms with E-state index in [2.05, 4.69) is 100 Å². The molecular formula is C15H10Br4. The molecule has 0 amide bonds.